The molecule has 1 aromatic heterocycles. The Morgan fingerprint density at radius 2 is 2.05 bits per heavy atom. The van der Waals surface area contributed by atoms with Crippen molar-refractivity contribution < 1.29 is 9.53 Å². The molecule has 0 aliphatic rings. The molecule has 0 saturated carbocycles. The molecule has 1 amide bonds. The minimum absolute atomic E-state index is 0.153. The van der Waals surface area contributed by atoms with Crippen molar-refractivity contribution in [2.45, 2.75) is 20.0 Å². The zero-order valence-electron chi connectivity index (χ0n) is 11.1. The van der Waals surface area contributed by atoms with Crippen LogP contribution in [0, 0.1) is 6.92 Å². The van der Waals surface area contributed by atoms with Crippen LogP contribution < -0.4 is 5.32 Å². The lowest BCUT2D eigenvalue weighted by molar-refractivity contribution is -0.124. The van der Waals surface area contributed by atoms with Crippen molar-refractivity contribution in [3.8, 4) is 11.3 Å². The van der Waals surface area contributed by atoms with Crippen LogP contribution in [0.25, 0.3) is 11.3 Å². The third-order valence-corrected chi connectivity index (χ3v) is 3.56. The Morgan fingerprint density at radius 3 is 2.58 bits per heavy atom. The second-order valence-corrected chi connectivity index (χ2v) is 5.26. The van der Waals surface area contributed by atoms with E-state index in [9.17, 15) is 4.79 Å². The quantitative estimate of drug-likeness (QED) is 0.933. The van der Waals surface area contributed by atoms with Gasteiger partial charge in [0.15, 0.2) is 0 Å². The highest BCUT2D eigenvalue weighted by atomic mass is 32.1. The van der Waals surface area contributed by atoms with Crippen molar-refractivity contribution in [2.24, 2.45) is 0 Å². The van der Waals surface area contributed by atoms with E-state index in [1.54, 1.807) is 18.3 Å². The summed E-state index contributed by atoms with van der Waals surface area (Å²) in [5.74, 6) is -0.153. The van der Waals surface area contributed by atoms with Gasteiger partial charge < -0.3 is 10.1 Å². The zero-order chi connectivity index (χ0) is 13.8. The fraction of sp³-hybridized carbons (Fsp3) is 0.286. The molecule has 100 valence electrons. The van der Waals surface area contributed by atoms with Gasteiger partial charge in [-0.3, -0.25) is 4.79 Å². The molecule has 4 nitrogen and oxygen atoms in total. The van der Waals surface area contributed by atoms with Gasteiger partial charge in [-0.05, 0) is 26.0 Å². The Balaban J connectivity index is 2.08. The molecule has 19 heavy (non-hydrogen) atoms. The number of hydrogen-bond donors (Lipinski definition) is 1. The van der Waals surface area contributed by atoms with E-state index in [2.05, 4.69) is 10.3 Å². The van der Waals surface area contributed by atoms with Gasteiger partial charge in [-0.25, -0.2) is 4.98 Å². The average Bonchev–Trinajstić information content (AvgIpc) is 2.85. The van der Waals surface area contributed by atoms with Crippen LogP contribution in [0.3, 0.4) is 0 Å². The van der Waals surface area contributed by atoms with Crippen LogP contribution in [0.1, 0.15) is 11.9 Å². The van der Waals surface area contributed by atoms with Crippen molar-refractivity contribution in [3.05, 3.63) is 34.7 Å². The van der Waals surface area contributed by atoms with E-state index in [0.29, 0.717) is 0 Å². The number of ether oxygens (including phenoxy) is 1. The number of thiazole rings is 1. The van der Waals surface area contributed by atoms with Crippen LogP contribution in [0.5, 0.6) is 0 Å². The highest BCUT2D eigenvalue weighted by Gasteiger charge is 2.11. The molecule has 1 N–H and O–H groups in total. The molecule has 0 aliphatic carbocycles. The second kappa shape index (κ2) is 5.95. The Bertz CT molecular complexity index is 563. The number of nitrogens with one attached hydrogen (secondary N) is 1. The summed E-state index contributed by atoms with van der Waals surface area (Å²) in [6.07, 6.45) is -0.458. The number of aryl methyl sites for hydroxylation is 1. The first-order valence-corrected chi connectivity index (χ1v) is 6.84. The van der Waals surface area contributed by atoms with E-state index in [4.69, 9.17) is 4.74 Å². The highest BCUT2D eigenvalue weighted by molar-refractivity contribution is 7.09. The fourth-order valence-electron chi connectivity index (χ4n) is 1.57. The minimum atomic E-state index is -0.458. The number of rotatable bonds is 4. The zero-order valence-corrected chi connectivity index (χ0v) is 12.0. The van der Waals surface area contributed by atoms with Crippen molar-refractivity contribution in [3.63, 3.8) is 0 Å². The first-order chi connectivity index (χ1) is 9.10. The second-order valence-electron chi connectivity index (χ2n) is 4.20. The number of benzene rings is 1. The predicted octanol–water partition coefficient (Wildman–Crippen LogP) is 3.09. The van der Waals surface area contributed by atoms with Gasteiger partial charge >= 0.3 is 0 Å². The molecule has 0 aliphatic heterocycles. The number of anilines is 1. The summed E-state index contributed by atoms with van der Waals surface area (Å²) < 4.78 is 4.96. The summed E-state index contributed by atoms with van der Waals surface area (Å²) in [5, 5.41) is 5.86. The van der Waals surface area contributed by atoms with Crippen LogP contribution in [0.15, 0.2) is 29.6 Å². The summed E-state index contributed by atoms with van der Waals surface area (Å²) in [5.41, 5.74) is 2.76. The van der Waals surface area contributed by atoms with Gasteiger partial charge in [-0.1, -0.05) is 12.1 Å². The highest BCUT2D eigenvalue weighted by Crippen LogP contribution is 2.23. The smallest absolute Gasteiger partial charge is 0.253 e. The first-order valence-electron chi connectivity index (χ1n) is 5.96. The summed E-state index contributed by atoms with van der Waals surface area (Å²) in [6.45, 7) is 3.69. The van der Waals surface area contributed by atoms with E-state index in [1.807, 2.05) is 36.6 Å². The maximum Gasteiger partial charge on any atom is 0.253 e. The Morgan fingerprint density at radius 1 is 1.37 bits per heavy atom. The SMILES string of the molecule is COC(C)C(=O)Nc1ccc(-c2csc(C)n2)cc1. The molecule has 5 heteroatoms. The molecule has 1 unspecified atom stereocenters. The van der Waals surface area contributed by atoms with Crippen molar-refractivity contribution in [1.29, 1.82) is 0 Å². The van der Waals surface area contributed by atoms with Gasteiger partial charge in [0.25, 0.3) is 5.91 Å². The standard InChI is InChI=1S/C14H16N2O2S/c1-9(18-3)14(17)16-12-6-4-11(5-7-12)13-8-19-10(2)15-13/h4-9H,1-3H3,(H,16,17). The number of methoxy groups -OCH3 is 1. The molecule has 0 spiro atoms. The normalized spacial score (nSPS) is 12.2. The molecule has 0 fully saturated rings. The van der Waals surface area contributed by atoms with Crippen molar-refractivity contribution >= 4 is 22.9 Å². The number of carbonyl (C=O) groups excluding carboxylic acids is 1. The van der Waals surface area contributed by atoms with Crippen LogP contribution in [-0.2, 0) is 9.53 Å². The summed E-state index contributed by atoms with van der Waals surface area (Å²) >= 11 is 1.62. The lowest BCUT2D eigenvalue weighted by Gasteiger charge is -2.10. The van der Waals surface area contributed by atoms with E-state index in [1.165, 1.54) is 7.11 Å². The number of nitrogens with zero attached hydrogens (tertiary/aromatic N) is 1. The average molecular weight is 276 g/mol. The van der Waals surface area contributed by atoms with Gasteiger partial charge in [0.2, 0.25) is 0 Å². The molecule has 0 saturated heterocycles. The van der Waals surface area contributed by atoms with Gasteiger partial charge in [-0.2, -0.15) is 0 Å². The summed E-state index contributed by atoms with van der Waals surface area (Å²) in [6, 6.07) is 7.62. The lowest BCUT2D eigenvalue weighted by atomic mass is 10.1. The van der Waals surface area contributed by atoms with E-state index < -0.39 is 6.10 Å². The van der Waals surface area contributed by atoms with Crippen LogP contribution >= 0.6 is 11.3 Å². The topological polar surface area (TPSA) is 51.2 Å². The Hall–Kier alpha value is -1.72. The summed E-state index contributed by atoms with van der Waals surface area (Å²) in [4.78, 5) is 16.1. The molecule has 1 aromatic carbocycles. The lowest BCUT2D eigenvalue weighted by Crippen LogP contribution is -2.26. The number of aromatic nitrogens is 1. The molecule has 0 radical (unpaired) electrons. The predicted molar refractivity (Wildman–Crippen MR) is 77.4 cm³/mol. The maximum atomic E-state index is 11.7. The van der Waals surface area contributed by atoms with Gasteiger partial charge in [-0.15, -0.1) is 11.3 Å². The molecule has 1 heterocycles. The fourth-order valence-corrected chi connectivity index (χ4v) is 2.19. The van der Waals surface area contributed by atoms with Gasteiger partial charge in [0, 0.05) is 23.7 Å². The van der Waals surface area contributed by atoms with Gasteiger partial charge in [0.05, 0.1) is 10.7 Å². The Kier molecular flexibility index (Phi) is 4.29. The number of carbonyl (C=O) groups is 1. The largest absolute Gasteiger partial charge is 0.372 e. The maximum absolute atomic E-state index is 11.7. The van der Waals surface area contributed by atoms with Crippen LogP contribution in [-0.4, -0.2) is 24.1 Å². The Labute approximate surface area is 116 Å². The molecular formula is C14H16N2O2S. The third-order valence-electron chi connectivity index (χ3n) is 2.79. The van der Waals surface area contributed by atoms with Crippen LogP contribution in [0.4, 0.5) is 5.69 Å². The number of hydrogen-bond acceptors (Lipinski definition) is 4. The molecular weight excluding hydrogens is 260 g/mol. The molecule has 2 rings (SSSR count). The van der Waals surface area contributed by atoms with E-state index >= 15 is 0 Å². The molecule has 1 atom stereocenters. The van der Waals surface area contributed by atoms with E-state index in [0.717, 1.165) is 22.0 Å². The summed E-state index contributed by atoms with van der Waals surface area (Å²) in [7, 11) is 1.51. The monoisotopic (exact) mass is 276 g/mol. The molecule has 0 bridgehead atoms. The number of amides is 1. The van der Waals surface area contributed by atoms with Gasteiger partial charge in [0.1, 0.15) is 6.10 Å². The first kappa shape index (κ1) is 13.7. The van der Waals surface area contributed by atoms with Crippen LogP contribution in [0.2, 0.25) is 0 Å². The van der Waals surface area contributed by atoms with Crippen molar-refractivity contribution in [1.82, 2.24) is 4.98 Å². The minimum Gasteiger partial charge on any atom is -0.372 e. The molecule has 2 aromatic rings. The van der Waals surface area contributed by atoms with E-state index in [-0.39, 0.29) is 5.91 Å². The third kappa shape index (κ3) is 3.39. The van der Waals surface area contributed by atoms with Crippen molar-refractivity contribution in [2.75, 3.05) is 12.4 Å².